The van der Waals surface area contributed by atoms with Crippen molar-refractivity contribution in [2.45, 2.75) is 25.9 Å². The first-order chi connectivity index (χ1) is 12.1. The van der Waals surface area contributed by atoms with E-state index in [9.17, 15) is 9.59 Å². The maximum Gasteiger partial charge on any atom is 0.253 e. The quantitative estimate of drug-likeness (QED) is 0.921. The Hall–Kier alpha value is -2.18. The molecular formula is C19H21N3O2S. The number of hydrogen-bond acceptors (Lipinski definition) is 4. The van der Waals surface area contributed by atoms with Crippen LogP contribution in [-0.4, -0.2) is 47.3 Å². The van der Waals surface area contributed by atoms with Crippen LogP contribution >= 0.6 is 11.3 Å². The zero-order valence-corrected chi connectivity index (χ0v) is 15.0. The normalized spacial score (nSPS) is 17.7. The fourth-order valence-corrected chi connectivity index (χ4v) is 4.41. The van der Waals surface area contributed by atoms with Crippen molar-refractivity contribution < 1.29 is 9.59 Å². The third-order valence-electron chi connectivity index (χ3n) is 4.96. The van der Waals surface area contributed by atoms with Crippen LogP contribution in [0, 0.1) is 0 Å². The second-order valence-electron chi connectivity index (χ2n) is 6.71. The summed E-state index contributed by atoms with van der Waals surface area (Å²) in [7, 11) is 0. The van der Waals surface area contributed by atoms with Crippen LogP contribution in [0.3, 0.4) is 0 Å². The van der Waals surface area contributed by atoms with Crippen molar-refractivity contribution in [1.82, 2.24) is 9.80 Å². The summed E-state index contributed by atoms with van der Waals surface area (Å²) < 4.78 is 0. The molecule has 4 rings (SSSR count). The van der Waals surface area contributed by atoms with Crippen LogP contribution in [0.1, 0.15) is 27.7 Å². The molecule has 3 heterocycles. The van der Waals surface area contributed by atoms with Gasteiger partial charge in [-0.3, -0.25) is 14.5 Å². The van der Waals surface area contributed by atoms with Crippen molar-refractivity contribution in [3.8, 4) is 0 Å². The lowest BCUT2D eigenvalue weighted by Gasteiger charge is -2.46. The molecular weight excluding hydrogens is 334 g/mol. The molecule has 25 heavy (non-hydrogen) atoms. The van der Waals surface area contributed by atoms with Gasteiger partial charge in [-0.15, -0.1) is 11.3 Å². The summed E-state index contributed by atoms with van der Waals surface area (Å²) in [6.07, 6.45) is 1.13. The Labute approximate surface area is 151 Å². The number of anilines is 1. The molecule has 0 bridgehead atoms. The van der Waals surface area contributed by atoms with Gasteiger partial charge in [-0.2, -0.15) is 0 Å². The number of hydrogen-bond donors (Lipinski definition) is 1. The number of nitrogens with zero attached hydrogens (tertiary/aromatic N) is 2. The lowest BCUT2D eigenvalue weighted by atomic mass is 10.0. The lowest BCUT2D eigenvalue weighted by molar-refractivity contribution is -0.114. The highest BCUT2D eigenvalue weighted by Gasteiger charge is 2.36. The number of thiophene rings is 1. The highest BCUT2D eigenvalue weighted by atomic mass is 32.1. The van der Waals surface area contributed by atoms with Crippen molar-refractivity contribution in [2.75, 3.05) is 25.0 Å². The number of fused-ring (bicyclic) bond motifs is 1. The van der Waals surface area contributed by atoms with Gasteiger partial charge in [-0.1, -0.05) is 0 Å². The zero-order valence-electron chi connectivity index (χ0n) is 14.2. The molecule has 1 N–H and O–H groups in total. The number of carbonyl (C=O) groups is 2. The van der Waals surface area contributed by atoms with Crippen molar-refractivity contribution in [2.24, 2.45) is 0 Å². The maximum atomic E-state index is 12.6. The van der Waals surface area contributed by atoms with Crippen molar-refractivity contribution in [3.63, 3.8) is 0 Å². The van der Waals surface area contributed by atoms with Crippen LogP contribution in [-0.2, 0) is 17.8 Å². The Morgan fingerprint density at radius 3 is 2.64 bits per heavy atom. The molecule has 1 saturated heterocycles. The summed E-state index contributed by atoms with van der Waals surface area (Å²) in [5.74, 6) is -0.0428. The summed E-state index contributed by atoms with van der Waals surface area (Å²) in [6, 6.07) is 9.79. The first-order valence-corrected chi connectivity index (χ1v) is 9.44. The Bertz CT molecular complexity index is 793. The molecule has 0 unspecified atom stereocenters. The van der Waals surface area contributed by atoms with Crippen LogP contribution < -0.4 is 5.32 Å². The number of amides is 2. The molecule has 5 nitrogen and oxygen atoms in total. The van der Waals surface area contributed by atoms with E-state index in [0.29, 0.717) is 17.3 Å². The Balaban J connectivity index is 1.33. The molecule has 6 heteroatoms. The van der Waals surface area contributed by atoms with Gasteiger partial charge in [-0.05, 0) is 47.7 Å². The summed E-state index contributed by atoms with van der Waals surface area (Å²) in [5, 5.41) is 4.89. The largest absolute Gasteiger partial charge is 0.335 e. The Kier molecular flexibility index (Phi) is 4.31. The van der Waals surface area contributed by atoms with Gasteiger partial charge in [0.15, 0.2) is 0 Å². The molecule has 1 aromatic heterocycles. The second-order valence-corrected chi connectivity index (χ2v) is 7.71. The Morgan fingerprint density at radius 2 is 1.92 bits per heavy atom. The standard InChI is InChI=1S/C19H21N3O2S/c1-13(23)20-16-4-2-14(3-5-16)19(24)22-11-17(12-22)21-8-6-18-15(10-21)7-9-25-18/h2-5,7,9,17H,6,8,10-12H2,1H3,(H,20,23). The smallest absolute Gasteiger partial charge is 0.253 e. The highest BCUT2D eigenvalue weighted by molar-refractivity contribution is 7.10. The number of rotatable bonds is 3. The van der Waals surface area contributed by atoms with E-state index in [1.54, 1.807) is 24.3 Å². The topological polar surface area (TPSA) is 52.7 Å². The fraction of sp³-hybridized carbons (Fsp3) is 0.368. The van der Waals surface area contributed by atoms with Crippen molar-refractivity contribution in [3.05, 3.63) is 51.7 Å². The molecule has 2 aliphatic rings. The molecule has 2 aromatic rings. The van der Waals surface area contributed by atoms with Crippen molar-refractivity contribution >= 4 is 28.8 Å². The third kappa shape index (κ3) is 3.32. The summed E-state index contributed by atoms with van der Waals surface area (Å²) in [4.78, 5) is 29.5. The molecule has 0 radical (unpaired) electrons. The molecule has 1 fully saturated rings. The van der Waals surface area contributed by atoms with Crippen LogP contribution in [0.2, 0.25) is 0 Å². The van der Waals surface area contributed by atoms with Crippen molar-refractivity contribution in [1.29, 1.82) is 0 Å². The van der Waals surface area contributed by atoms with Crippen LogP contribution in [0.15, 0.2) is 35.7 Å². The van der Waals surface area contributed by atoms with E-state index in [4.69, 9.17) is 0 Å². The van der Waals surface area contributed by atoms with E-state index >= 15 is 0 Å². The van der Waals surface area contributed by atoms with Gasteiger partial charge in [0.05, 0.1) is 0 Å². The average Bonchev–Trinajstić information content (AvgIpc) is 3.01. The third-order valence-corrected chi connectivity index (χ3v) is 5.98. The van der Waals surface area contributed by atoms with Gasteiger partial charge in [0.1, 0.15) is 0 Å². The molecule has 0 atom stereocenters. The molecule has 130 valence electrons. The average molecular weight is 355 g/mol. The minimum atomic E-state index is -0.111. The van der Waals surface area contributed by atoms with E-state index < -0.39 is 0 Å². The minimum Gasteiger partial charge on any atom is -0.335 e. The van der Waals surface area contributed by atoms with Gasteiger partial charge in [0.2, 0.25) is 5.91 Å². The van der Waals surface area contributed by atoms with Crippen LogP contribution in [0.25, 0.3) is 0 Å². The monoisotopic (exact) mass is 355 g/mol. The van der Waals surface area contributed by atoms with Crippen LogP contribution in [0.5, 0.6) is 0 Å². The molecule has 2 amide bonds. The number of nitrogens with one attached hydrogen (secondary N) is 1. The molecule has 0 spiro atoms. The van der Waals surface area contributed by atoms with E-state index in [2.05, 4.69) is 21.7 Å². The predicted octanol–water partition coefficient (Wildman–Crippen LogP) is 2.59. The van der Waals surface area contributed by atoms with Gasteiger partial charge in [0, 0.05) is 55.3 Å². The van der Waals surface area contributed by atoms with E-state index in [1.165, 1.54) is 17.4 Å². The first kappa shape index (κ1) is 16.3. The van der Waals surface area contributed by atoms with Gasteiger partial charge in [0.25, 0.3) is 5.91 Å². The zero-order chi connectivity index (χ0) is 17.4. The number of likely N-dealkylation sites (tertiary alicyclic amines) is 1. The SMILES string of the molecule is CC(=O)Nc1ccc(C(=O)N2CC(N3CCc4sccc4C3)C2)cc1. The van der Waals surface area contributed by atoms with Gasteiger partial charge in [-0.25, -0.2) is 0 Å². The predicted molar refractivity (Wildman–Crippen MR) is 98.9 cm³/mol. The summed E-state index contributed by atoms with van der Waals surface area (Å²) in [6.45, 7) is 5.17. The van der Waals surface area contributed by atoms with Gasteiger partial charge < -0.3 is 10.2 Å². The Morgan fingerprint density at radius 1 is 1.16 bits per heavy atom. The molecule has 0 aliphatic carbocycles. The number of benzene rings is 1. The molecule has 1 aromatic carbocycles. The summed E-state index contributed by atoms with van der Waals surface area (Å²) >= 11 is 1.85. The molecule has 0 saturated carbocycles. The molecule has 2 aliphatic heterocycles. The van der Waals surface area contributed by atoms with E-state index in [1.807, 2.05) is 16.2 Å². The van der Waals surface area contributed by atoms with Crippen LogP contribution in [0.4, 0.5) is 5.69 Å². The van der Waals surface area contributed by atoms with E-state index in [-0.39, 0.29) is 11.8 Å². The van der Waals surface area contributed by atoms with Gasteiger partial charge >= 0.3 is 0 Å². The fourth-order valence-electron chi connectivity index (χ4n) is 3.52. The lowest BCUT2D eigenvalue weighted by Crippen LogP contribution is -2.61. The first-order valence-electron chi connectivity index (χ1n) is 8.56. The highest BCUT2D eigenvalue weighted by Crippen LogP contribution is 2.28. The second kappa shape index (κ2) is 6.61. The summed E-state index contributed by atoms with van der Waals surface area (Å²) in [5.41, 5.74) is 2.84. The minimum absolute atomic E-state index is 0.0684. The maximum absolute atomic E-state index is 12.6. The number of carbonyl (C=O) groups excluding carboxylic acids is 2. The van der Waals surface area contributed by atoms with E-state index in [0.717, 1.165) is 32.6 Å².